The molecule has 0 radical (unpaired) electrons. The third-order valence-electron chi connectivity index (χ3n) is 3.13. The Morgan fingerprint density at radius 3 is 2.45 bits per heavy atom. The topological polar surface area (TPSA) is 72.2 Å². The first-order valence-corrected chi connectivity index (χ1v) is 6.95. The van der Waals surface area contributed by atoms with Gasteiger partial charge in [0.25, 0.3) is 5.91 Å². The van der Waals surface area contributed by atoms with Gasteiger partial charge in [0.2, 0.25) is 5.91 Å². The summed E-state index contributed by atoms with van der Waals surface area (Å²) in [5.41, 5.74) is 6.12. The van der Waals surface area contributed by atoms with E-state index < -0.39 is 23.7 Å². The summed E-state index contributed by atoms with van der Waals surface area (Å²) in [7, 11) is 0. The number of primary amides is 1. The maximum absolute atomic E-state index is 13.4. The highest BCUT2D eigenvalue weighted by molar-refractivity contribution is 6.34. The molecule has 0 spiro atoms. The number of nitrogens with two attached hydrogens (primary N) is 1. The van der Waals surface area contributed by atoms with Gasteiger partial charge in [-0.05, 0) is 17.7 Å². The second-order valence-electron chi connectivity index (χ2n) is 4.72. The van der Waals surface area contributed by atoms with Gasteiger partial charge in [0, 0.05) is 6.42 Å². The lowest BCUT2D eigenvalue weighted by Gasteiger charge is -2.16. The Labute approximate surface area is 132 Å². The molecule has 2 aromatic carbocycles. The van der Waals surface area contributed by atoms with Crippen LogP contribution < -0.4 is 11.1 Å². The van der Waals surface area contributed by atoms with Gasteiger partial charge in [-0.3, -0.25) is 9.59 Å². The van der Waals surface area contributed by atoms with Crippen molar-refractivity contribution in [3.05, 3.63) is 70.5 Å². The molecule has 1 unspecified atom stereocenters. The first-order valence-electron chi connectivity index (χ1n) is 6.57. The Bertz CT molecular complexity index is 692. The first-order chi connectivity index (χ1) is 10.5. The van der Waals surface area contributed by atoms with Gasteiger partial charge in [-0.25, -0.2) is 4.39 Å². The molecule has 6 heteroatoms. The average Bonchev–Trinajstić information content (AvgIpc) is 2.50. The summed E-state index contributed by atoms with van der Waals surface area (Å²) in [5.74, 6) is -2.03. The smallest absolute Gasteiger partial charge is 0.253 e. The number of carbonyl (C=O) groups excluding carboxylic acids is 2. The van der Waals surface area contributed by atoms with Crippen LogP contribution >= 0.6 is 11.6 Å². The lowest BCUT2D eigenvalue weighted by atomic mass is 10.0. The van der Waals surface area contributed by atoms with Crippen molar-refractivity contribution >= 4 is 23.4 Å². The SMILES string of the molecule is NC(=O)C(Cc1ccccc1)NC(=O)c1cccc(F)c1Cl. The predicted octanol–water partition coefficient (Wildman–Crippen LogP) is 2.31. The summed E-state index contributed by atoms with van der Waals surface area (Å²) in [6, 6.07) is 12.1. The molecule has 0 saturated carbocycles. The van der Waals surface area contributed by atoms with E-state index in [1.807, 2.05) is 30.3 Å². The molecule has 0 heterocycles. The molecule has 1 atom stereocenters. The lowest BCUT2D eigenvalue weighted by Crippen LogP contribution is -2.45. The largest absolute Gasteiger partial charge is 0.368 e. The van der Waals surface area contributed by atoms with Crippen molar-refractivity contribution in [3.63, 3.8) is 0 Å². The Kier molecular flexibility index (Phi) is 5.12. The summed E-state index contributed by atoms with van der Waals surface area (Å²) in [5, 5.41) is 2.20. The molecule has 22 heavy (non-hydrogen) atoms. The number of halogens is 2. The highest BCUT2D eigenvalue weighted by atomic mass is 35.5. The number of amides is 2. The van der Waals surface area contributed by atoms with E-state index >= 15 is 0 Å². The van der Waals surface area contributed by atoms with Gasteiger partial charge in [-0.1, -0.05) is 48.0 Å². The minimum absolute atomic E-state index is 0.0408. The second kappa shape index (κ2) is 7.04. The number of benzene rings is 2. The van der Waals surface area contributed by atoms with Crippen LogP contribution in [-0.2, 0) is 11.2 Å². The summed E-state index contributed by atoms with van der Waals surface area (Å²) >= 11 is 5.76. The number of nitrogens with one attached hydrogen (secondary N) is 1. The Morgan fingerprint density at radius 1 is 1.14 bits per heavy atom. The van der Waals surface area contributed by atoms with Gasteiger partial charge < -0.3 is 11.1 Å². The highest BCUT2D eigenvalue weighted by Crippen LogP contribution is 2.19. The molecular formula is C16H14ClFN2O2. The molecule has 0 aliphatic rings. The molecule has 0 bridgehead atoms. The number of hydrogen-bond donors (Lipinski definition) is 2. The van der Waals surface area contributed by atoms with Gasteiger partial charge in [-0.15, -0.1) is 0 Å². The minimum atomic E-state index is -0.908. The fraction of sp³-hybridized carbons (Fsp3) is 0.125. The zero-order chi connectivity index (χ0) is 16.1. The van der Waals surface area contributed by atoms with E-state index in [2.05, 4.69) is 5.32 Å². The van der Waals surface area contributed by atoms with Crippen LogP contribution in [0.4, 0.5) is 4.39 Å². The normalized spacial score (nSPS) is 11.7. The van der Waals surface area contributed by atoms with Crippen molar-refractivity contribution in [2.45, 2.75) is 12.5 Å². The van der Waals surface area contributed by atoms with Crippen molar-refractivity contribution in [1.29, 1.82) is 0 Å². The molecule has 114 valence electrons. The van der Waals surface area contributed by atoms with Crippen LogP contribution in [0.5, 0.6) is 0 Å². The third kappa shape index (κ3) is 3.83. The quantitative estimate of drug-likeness (QED) is 0.887. The van der Waals surface area contributed by atoms with E-state index in [0.717, 1.165) is 11.6 Å². The van der Waals surface area contributed by atoms with Crippen LogP contribution in [0.2, 0.25) is 5.02 Å². The van der Waals surface area contributed by atoms with Crippen LogP contribution in [0.3, 0.4) is 0 Å². The molecule has 0 aromatic heterocycles. The van der Waals surface area contributed by atoms with E-state index in [0.29, 0.717) is 0 Å². The van der Waals surface area contributed by atoms with Crippen LogP contribution in [0.25, 0.3) is 0 Å². The number of rotatable bonds is 5. The van der Waals surface area contributed by atoms with Gasteiger partial charge in [-0.2, -0.15) is 0 Å². The summed E-state index contributed by atoms with van der Waals surface area (Å²) in [4.78, 5) is 23.7. The molecule has 3 N–H and O–H groups in total. The van der Waals surface area contributed by atoms with Crippen molar-refractivity contribution in [2.24, 2.45) is 5.73 Å². The van der Waals surface area contributed by atoms with Gasteiger partial charge in [0.15, 0.2) is 0 Å². The summed E-state index contributed by atoms with van der Waals surface area (Å²) in [6.07, 6.45) is 0.245. The first kappa shape index (κ1) is 16.0. The Balaban J connectivity index is 2.16. The van der Waals surface area contributed by atoms with Gasteiger partial charge in [0.05, 0.1) is 10.6 Å². The van der Waals surface area contributed by atoms with E-state index in [9.17, 15) is 14.0 Å². The minimum Gasteiger partial charge on any atom is -0.368 e. The molecular weight excluding hydrogens is 307 g/mol. The number of hydrogen-bond acceptors (Lipinski definition) is 2. The fourth-order valence-electron chi connectivity index (χ4n) is 1.99. The zero-order valence-electron chi connectivity index (χ0n) is 11.6. The zero-order valence-corrected chi connectivity index (χ0v) is 12.3. The molecule has 0 saturated heterocycles. The highest BCUT2D eigenvalue weighted by Gasteiger charge is 2.21. The van der Waals surface area contributed by atoms with Gasteiger partial charge in [0.1, 0.15) is 11.9 Å². The van der Waals surface area contributed by atoms with Crippen LogP contribution in [-0.4, -0.2) is 17.9 Å². The summed E-state index contributed by atoms with van der Waals surface area (Å²) < 4.78 is 13.4. The van der Waals surface area contributed by atoms with Crippen LogP contribution in [0.15, 0.2) is 48.5 Å². The van der Waals surface area contributed by atoms with E-state index in [1.54, 1.807) is 0 Å². The van der Waals surface area contributed by atoms with Crippen molar-refractivity contribution in [2.75, 3.05) is 0 Å². The Hall–Kier alpha value is -2.40. The molecule has 2 rings (SSSR count). The molecule has 0 aliphatic carbocycles. The third-order valence-corrected chi connectivity index (χ3v) is 3.51. The van der Waals surface area contributed by atoms with Gasteiger partial charge >= 0.3 is 0 Å². The monoisotopic (exact) mass is 320 g/mol. The maximum atomic E-state index is 13.4. The average molecular weight is 321 g/mol. The van der Waals surface area contributed by atoms with E-state index in [-0.39, 0.29) is 17.0 Å². The standard InChI is InChI=1S/C16H14ClFN2O2/c17-14-11(7-4-8-12(14)18)16(22)20-13(15(19)21)9-10-5-2-1-3-6-10/h1-8,13H,9H2,(H2,19,21)(H,20,22). The van der Waals surface area contributed by atoms with Crippen LogP contribution in [0.1, 0.15) is 15.9 Å². The molecule has 0 fully saturated rings. The Morgan fingerprint density at radius 2 is 1.82 bits per heavy atom. The predicted molar refractivity (Wildman–Crippen MR) is 82.0 cm³/mol. The molecule has 0 aliphatic heterocycles. The van der Waals surface area contributed by atoms with E-state index in [1.165, 1.54) is 12.1 Å². The lowest BCUT2D eigenvalue weighted by molar-refractivity contribution is -0.119. The maximum Gasteiger partial charge on any atom is 0.253 e. The van der Waals surface area contributed by atoms with E-state index in [4.69, 9.17) is 17.3 Å². The van der Waals surface area contributed by atoms with Crippen molar-refractivity contribution in [1.82, 2.24) is 5.32 Å². The number of carbonyl (C=O) groups is 2. The molecule has 2 amide bonds. The summed E-state index contributed by atoms with van der Waals surface area (Å²) in [6.45, 7) is 0. The fourth-order valence-corrected chi connectivity index (χ4v) is 2.20. The molecule has 2 aromatic rings. The van der Waals surface area contributed by atoms with Crippen molar-refractivity contribution in [3.8, 4) is 0 Å². The molecule has 4 nitrogen and oxygen atoms in total. The van der Waals surface area contributed by atoms with Crippen LogP contribution in [0, 0.1) is 5.82 Å². The second-order valence-corrected chi connectivity index (χ2v) is 5.10. The van der Waals surface area contributed by atoms with Crippen molar-refractivity contribution < 1.29 is 14.0 Å².